The molecule has 0 fully saturated rings. The van der Waals surface area contributed by atoms with Gasteiger partial charge in [0.2, 0.25) is 0 Å². The minimum atomic E-state index is 0. The molecule has 0 saturated heterocycles. The van der Waals surface area contributed by atoms with Gasteiger partial charge in [-0.3, -0.25) is 0 Å². The third-order valence-electron chi connectivity index (χ3n) is 12.6. The van der Waals surface area contributed by atoms with E-state index >= 15 is 0 Å². The topological polar surface area (TPSA) is 0 Å². The largest absolute Gasteiger partial charge is 0 e. The van der Waals surface area contributed by atoms with Crippen LogP contribution in [-0.4, -0.2) is 49.6 Å². The van der Waals surface area contributed by atoms with Crippen LogP contribution >= 0.6 is 0 Å². The molecule has 0 N–H and O–H groups in total. The minimum absolute atomic E-state index is 0. The van der Waals surface area contributed by atoms with Gasteiger partial charge in [0.1, 0.15) is 0 Å². The number of hydrogen-bond donors (Lipinski definition) is 0. The van der Waals surface area contributed by atoms with E-state index in [-0.39, 0.29) is 17.6 Å². The first-order chi connectivity index (χ1) is 29.3. The van der Waals surface area contributed by atoms with E-state index < -0.39 is 0 Å². The van der Waals surface area contributed by atoms with Gasteiger partial charge in [0, 0.05) is 17.6 Å². The molecule has 0 atom stereocenters. The van der Waals surface area contributed by atoms with Crippen LogP contribution in [0.2, 0.25) is 0 Å². The van der Waals surface area contributed by atoms with E-state index in [2.05, 4.69) is 252 Å². The molecule has 0 aliphatic rings. The Hall–Kier alpha value is -3.10. The molecule has 0 spiro atoms. The monoisotopic (exact) mass is 1030 g/mol. The first kappa shape index (κ1) is 52.5. The fourth-order valence-corrected chi connectivity index (χ4v) is 10.7. The Labute approximate surface area is 411 Å². The van der Waals surface area contributed by atoms with Crippen molar-refractivity contribution in [3.8, 4) is 44.5 Å². The quantitative estimate of drug-likeness (QED) is 0.107. The molecule has 0 aliphatic carbocycles. The molecule has 0 bridgehead atoms. The van der Waals surface area contributed by atoms with Crippen molar-refractivity contribution in [1.29, 1.82) is 0 Å². The van der Waals surface area contributed by atoms with E-state index in [9.17, 15) is 0 Å². The van der Waals surface area contributed by atoms with Crippen LogP contribution in [0.15, 0.2) is 109 Å². The molecule has 0 heterocycles. The van der Waals surface area contributed by atoms with Gasteiger partial charge in [0.05, 0.1) is 0 Å². The standard InChI is InChI=1S/2C30H37Se.Ge/c2*1-18(2)22-12-9-13-23(19(3)4)28(22)26-16-11-17-27(30(26)31)29-24(20(5)6)14-10-15-25(29)21(7)8;/h2*9-21H,1-8H3;. The van der Waals surface area contributed by atoms with Crippen molar-refractivity contribution in [2.24, 2.45) is 0 Å². The van der Waals surface area contributed by atoms with E-state index in [1.54, 1.807) is 0 Å². The van der Waals surface area contributed by atoms with E-state index in [1.165, 1.54) is 97.9 Å². The molecule has 0 saturated carbocycles. The van der Waals surface area contributed by atoms with Gasteiger partial charge in [-0.05, 0) is 0 Å². The Morgan fingerprint density at radius 2 is 0.365 bits per heavy atom. The Morgan fingerprint density at radius 1 is 0.238 bits per heavy atom. The summed E-state index contributed by atoms with van der Waals surface area (Å²) in [6.07, 6.45) is 0. The normalized spacial score (nSPS) is 11.7. The van der Waals surface area contributed by atoms with Gasteiger partial charge in [-0.1, -0.05) is 0 Å². The summed E-state index contributed by atoms with van der Waals surface area (Å²) >= 11 is 7.00. The Bertz CT molecular complexity index is 2020. The van der Waals surface area contributed by atoms with Crippen LogP contribution in [0.4, 0.5) is 0 Å². The molecule has 6 aromatic rings. The third-order valence-corrected chi connectivity index (χ3v) is 14.4. The van der Waals surface area contributed by atoms with E-state index in [0.717, 1.165) is 0 Å². The maximum Gasteiger partial charge on any atom is 0 e. The van der Waals surface area contributed by atoms with E-state index in [4.69, 9.17) is 0 Å². The minimum Gasteiger partial charge on any atom is 0 e. The van der Waals surface area contributed by atoms with Gasteiger partial charge in [0.25, 0.3) is 0 Å². The molecule has 6 aromatic carbocycles. The number of benzene rings is 6. The summed E-state index contributed by atoms with van der Waals surface area (Å²) < 4.78 is 2.54. The van der Waals surface area contributed by atoms with Crippen molar-refractivity contribution in [2.75, 3.05) is 0 Å². The molecule has 0 nitrogen and oxygen atoms in total. The molecule has 0 aromatic heterocycles. The summed E-state index contributed by atoms with van der Waals surface area (Å²) in [5.74, 6) is 3.82. The average Bonchev–Trinajstić information content (AvgIpc) is 3.22. The van der Waals surface area contributed by atoms with Gasteiger partial charge in [0.15, 0.2) is 0 Å². The zero-order chi connectivity index (χ0) is 45.7. The van der Waals surface area contributed by atoms with Crippen molar-refractivity contribution >= 4 is 58.5 Å². The molecule has 3 heteroatoms. The molecule has 63 heavy (non-hydrogen) atoms. The van der Waals surface area contributed by atoms with Gasteiger partial charge in [-0.25, -0.2) is 0 Å². The van der Waals surface area contributed by atoms with Crippen molar-refractivity contribution in [3.05, 3.63) is 154 Å². The maximum absolute atomic E-state index is 3.50. The Kier molecular flexibility index (Phi) is 19.1. The number of hydrogen-bond acceptors (Lipinski definition) is 0. The van der Waals surface area contributed by atoms with E-state index in [1.807, 2.05) is 0 Å². The summed E-state index contributed by atoms with van der Waals surface area (Å²) in [6, 6.07) is 41.0. The van der Waals surface area contributed by atoms with Crippen LogP contribution in [0.5, 0.6) is 0 Å². The molecular weight excluding hydrogens is 951 g/mol. The molecule has 0 unspecified atom stereocenters. The van der Waals surface area contributed by atoms with Gasteiger partial charge < -0.3 is 0 Å². The van der Waals surface area contributed by atoms with Crippen molar-refractivity contribution in [1.82, 2.24) is 0 Å². The Morgan fingerprint density at radius 3 is 0.492 bits per heavy atom. The zero-order valence-corrected chi connectivity index (χ0v) is 46.9. The molecule has 6 radical (unpaired) electrons. The van der Waals surface area contributed by atoms with Crippen LogP contribution < -0.4 is 8.92 Å². The van der Waals surface area contributed by atoms with Gasteiger partial charge in [-0.2, -0.15) is 0 Å². The van der Waals surface area contributed by atoms with Crippen molar-refractivity contribution < 1.29 is 0 Å². The van der Waals surface area contributed by atoms with Gasteiger partial charge in [-0.15, -0.1) is 0 Å². The van der Waals surface area contributed by atoms with E-state index in [0.29, 0.717) is 47.3 Å². The van der Waals surface area contributed by atoms with Crippen LogP contribution in [0, 0.1) is 0 Å². The molecular formula is C60H74GeSe2. The van der Waals surface area contributed by atoms with Crippen molar-refractivity contribution in [2.45, 2.75) is 158 Å². The second-order valence-electron chi connectivity index (χ2n) is 19.8. The summed E-state index contributed by atoms with van der Waals surface area (Å²) in [5, 5.41) is 0. The van der Waals surface area contributed by atoms with Gasteiger partial charge >= 0.3 is 397 Å². The van der Waals surface area contributed by atoms with Crippen LogP contribution in [0.3, 0.4) is 0 Å². The summed E-state index contributed by atoms with van der Waals surface area (Å²) in [7, 11) is 0. The fourth-order valence-electron chi connectivity index (χ4n) is 9.31. The zero-order valence-electron chi connectivity index (χ0n) is 41.3. The van der Waals surface area contributed by atoms with Crippen LogP contribution in [0.25, 0.3) is 44.5 Å². The predicted molar refractivity (Wildman–Crippen MR) is 284 cm³/mol. The second kappa shape index (κ2) is 22.9. The number of rotatable bonds is 12. The molecule has 0 aliphatic heterocycles. The second-order valence-corrected chi connectivity index (χ2v) is 21.6. The maximum atomic E-state index is 3.50. The Balaban J connectivity index is 0.000000272. The summed E-state index contributed by atoms with van der Waals surface area (Å²) in [6.45, 7) is 36.8. The first-order valence-corrected chi connectivity index (χ1v) is 25.1. The summed E-state index contributed by atoms with van der Waals surface area (Å²) in [5.41, 5.74) is 22.4. The fraction of sp³-hybridized carbons (Fsp3) is 0.400. The molecule has 330 valence electrons. The molecule has 0 amide bonds. The predicted octanol–water partition coefficient (Wildman–Crippen LogP) is 16.2. The first-order valence-electron chi connectivity index (χ1n) is 23.4. The smallest absolute Gasteiger partial charge is 0 e. The summed E-state index contributed by atoms with van der Waals surface area (Å²) in [4.78, 5) is 0. The SMILES string of the molecule is CC(C)c1cccc(C(C)C)c1-c1cccc(-c2c(C(C)C)cccc2C(C)C)c1[Se].CC(C)c1cccc(C(C)C)c1-c1cccc(-c2c(C(C)C)cccc2C(C)C)c1[Se].[Ge]. The van der Waals surface area contributed by atoms with Crippen molar-refractivity contribution in [3.63, 3.8) is 0 Å². The average molecular weight is 1030 g/mol. The van der Waals surface area contributed by atoms with Crippen LogP contribution in [0.1, 0.15) is 203 Å². The molecule has 6 rings (SSSR count). The van der Waals surface area contributed by atoms with Crippen LogP contribution in [-0.2, 0) is 0 Å². The third kappa shape index (κ3) is 11.5.